The molecular weight excluding hydrogens is 326 g/mol. The zero-order valence-corrected chi connectivity index (χ0v) is 14.9. The van der Waals surface area contributed by atoms with Crippen LogP contribution >= 0.6 is 0 Å². The second-order valence-electron chi connectivity index (χ2n) is 7.66. The van der Waals surface area contributed by atoms with Gasteiger partial charge in [-0.05, 0) is 32.1 Å². The molecule has 3 atom stereocenters. The number of likely N-dealkylation sites (tertiary alicyclic amines) is 1. The predicted molar refractivity (Wildman–Crippen MR) is 92.5 cm³/mol. The Labute approximate surface area is 144 Å². The van der Waals surface area contributed by atoms with Crippen molar-refractivity contribution in [2.24, 2.45) is 0 Å². The molecule has 7 heteroatoms. The molecule has 0 aromatic carbocycles. The summed E-state index contributed by atoms with van der Waals surface area (Å²) in [5.41, 5.74) is 0.0502. The Bertz CT molecular complexity index is 653. The number of urea groups is 1. The second kappa shape index (κ2) is 6.17. The van der Waals surface area contributed by atoms with Crippen molar-refractivity contribution in [2.45, 2.75) is 67.8 Å². The van der Waals surface area contributed by atoms with Crippen LogP contribution in [-0.2, 0) is 16.2 Å². The Morgan fingerprint density at radius 3 is 2.88 bits per heavy atom. The minimum absolute atomic E-state index is 0.0502. The van der Waals surface area contributed by atoms with Crippen LogP contribution in [0.15, 0.2) is 10.6 Å². The minimum atomic E-state index is -0.779. The maximum atomic E-state index is 12.5. The lowest BCUT2D eigenvalue weighted by atomic mass is 9.86. The van der Waals surface area contributed by atoms with Gasteiger partial charge >= 0.3 is 6.03 Å². The minimum Gasteiger partial charge on any atom is -0.359 e. The van der Waals surface area contributed by atoms with Gasteiger partial charge in [-0.2, -0.15) is 0 Å². The van der Waals surface area contributed by atoms with Crippen molar-refractivity contribution in [3.63, 3.8) is 0 Å². The topological polar surface area (TPSA) is 75.4 Å². The summed E-state index contributed by atoms with van der Waals surface area (Å²) in [6, 6.07) is 1.71. The van der Waals surface area contributed by atoms with E-state index in [1.165, 1.54) is 12.8 Å². The number of hydrogen-bond acceptors (Lipinski definition) is 4. The Morgan fingerprint density at radius 2 is 2.08 bits per heavy atom. The monoisotopic (exact) mass is 351 g/mol. The molecule has 1 N–H and O–H groups in total. The van der Waals surface area contributed by atoms with Crippen molar-refractivity contribution < 1.29 is 13.5 Å². The molecule has 2 bridgehead atoms. The summed E-state index contributed by atoms with van der Waals surface area (Å²) in [7, 11) is -0.779. The van der Waals surface area contributed by atoms with Crippen LogP contribution in [0.4, 0.5) is 10.6 Å². The number of carbonyl (C=O) groups is 1. The lowest BCUT2D eigenvalue weighted by molar-refractivity contribution is 0.209. The number of fused-ring (bicyclic) bond motifs is 2. The molecule has 2 aliphatic heterocycles. The first-order chi connectivity index (χ1) is 11.5. The van der Waals surface area contributed by atoms with Crippen LogP contribution in [0, 0.1) is 0 Å². The van der Waals surface area contributed by atoms with Gasteiger partial charge in [-0.25, -0.2) is 4.79 Å². The van der Waals surface area contributed by atoms with E-state index in [1.807, 2.05) is 6.07 Å². The third-order valence-corrected chi connectivity index (χ3v) is 8.12. The molecule has 0 spiro atoms. The van der Waals surface area contributed by atoms with E-state index in [-0.39, 0.29) is 21.9 Å². The number of aromatic nitrogens is 1. The van der Waals surface area contributed by atoms with Gasteiger partial charge in [0.05, 0.1) is 5.25 Å². The largest absolute Gasteiger partial charge is 0.359 e. The van der Waals surface area contributed by atoms with E-state index in [1.54, 1.807) is 4.90 Å². The number of rotatable bonds is 2. The molecule has 2 amide bonds. The number of nitrogens with one attached hydrogen (secondary N) is 1. The summed E-state index contributed by atoms with van der Waals surface area (Å²) in [6.07, 6.45) is 7.48. The van der Waals surface area contributed by atoms with E-state index in [2.05, 4.69) is 17.4 Å². The number of amides is 2. The van der Waals surface area contributed by atoms with Gasteiger partial charge < -0.3 is 9.42 Å². The fraction of sp³-hybridized carbons (Fsp3) is 0.765. The van der Waals surface area contributed by atoms with Gasteiger partial charge in [-0.1, -0.05) is 24.9 Å². The van der Waals surface area contributed by atoms with E-state index >= 15 is 0 Å². The molecule has 3 aliphatic rings. The van der Waals surface area contributed by atoms with Crippen LogP contribution in [0.2, 0.25) is 0 Å². The first kappa shape index (κ1) is 16.1. The van der Waals surface area contributed by atoms with E-state index in [0.717, 1.165) is 37.9 Å². The summed E-state index contributed by atoms with van der Waals surface area (Å²) in [5.74, 6) is 1.35. The highest BCUT2D eigenvalue weighted by molar-refractivity contribution is 7.86. The van der Waals surface area contributed by atoms with Crippen LogP contribution in [0.1, 0.15) is 57.6 Å². The normalized spacial score (nSPS) is 31.9. The van der Waals surface area contributed by atoms with Gasteiger partial charge in [0.1, 0.15) is 5.76 Å². The summed E-state index contributed by atoms with van der Waals surface area (Å²) in [5, 5.41) is 7.30. The fourth-order valence-corrected chi connectivity index (χ4v) is 6.28. The van der Waals surface area contributed by atoms with E-state index in [0.29, 0.717) is 18.9 Å². The highest BCUT2D eigenvalue weighted by Crippen LogP contribution is 2.41. The first-order valence-corrected chi connectivity index (χ1v) is 10.3. The average molecular weight is 351 g/mol. The molecule has 1 saturated carbocycles. The Hall–Kier alpha value is -1.37. The SMILES string of the molecule is CC1(c2cc(NC(=O)N3CCC4CCC(C3)S4=O)no2)CCCC1. The predicted octanol–water partition coefficient (Wildman–Crippen LogP) is 3.02. The smallest absolute Gasteiger partial charge is 0.323 e. The van der Waals surface area contributed by atoms with Crippen LogP contribution in [0.5, 0.6) is 0 Å². The molecule has 4 rings (SSSR count). The molecule has 2 saturated heterocycles. The lowest BCUT2D eigenvalue weighted by Crippen LogP contribution is -2.40. The number of hydrogen-bond donors (Lipinski definition) is 1. The molecule has 3 heterocycles. The lowest BCUT2D eigenvalue weighted by Gasteiger charge is -2.23. The Balaban J connectivity index is 1.41. The Morgan fingerprint density at radius 1 is 1.33 bits per heavy atom. The molecule has 0 radical (unpaired) electrons. The van der Waals surface area contributed by atoms with Gasteiger partial charge in [0.25, 0.3) is 0 Å². The maximum Gasteiger partial charge on any atom is 0.323 e. The van der Waals surface area contributed by atoms with Crippen molar-refractivity contribution in [1.29, 1.82) is 0 Å². The number of carbonyl (C=O) groups excluding carboxylic acids is 1. The van der Waals surface area contributed by atoms with Crippen LogP contribution in [0.3, 0.4) is 0 Å². The number of nitrogens with zero attached hydrogens (tertiary/aromatic N) is 2. The van der Waals surface area contributed by atoms with E-state index < -0.39 is 10.8 Å². The second-order valence-corrected chi connectivity index (χ2v) is 9.65. The highest BCUT2D eigenvalue weighted by Gasteiger charge is 2.38. The summed E-state index contributed by atoms with van der Waals surface area (Å²) < 4.78 is 17.7. The molecule has 3 fully saturated rings. The van der Waals surface area contributed by atoms with Gasteiger partial charge in [0.2, 0.25) is 0 Å². The van der Waals surface area contributed by atoms with Gasteiger partial charge in [-0.15, -0.1) is 0 Å². The third-order valence-electron chi connectivity index (χ3n) is 5.95. The third kappa shape index (κ3) is 2.87. The summed E-state index contributed by atoms with van der Waals surface area (Å²) >= 11 is 0. The maximum absolute atomic E-state index is 12.5. The van der Waals surface area contributed by atoms with E-state index in [9.17, 15) is 9.00 Å². The molecule has 1 aliphatic carbocycles. The standard InChI is InChI=1S/C17H25N3O3S/c1-17(7-2-3-8-17)14-10-15(19-23-14)18-16(21)20-9-6-12-4-5-13(11-20)24(12)22/h10,12-13H,2-9,11H2,1H3,(H,18,19,21). The fourth-order valence-electron chi connectivity index (χ4n) is 4.33. The zero-order chi connectivity index (χ0) is 16.7. The first-order valence-electron chi connectivity index (χ1n) is 8.98. The van der Waals surface area contributed by atoms with Crippen molar-refractivity contribution in [2.75, 3.05) is 18.4 Å². The molecule has 1 aromatic heterocycles. The van der Waals surface area contributed by atoms with Crippen LogP contribution < -0.4 is 5.32 Å². The highest BCUT2D eigenvalue weighted by atomic mass is 32.2. The van der Waals surface area contributed by atoms with Crippen LogP contribution in [0.25, 0.3) is 0 Å². The summed E-state index contributed by atoms with van der Waals surface area (Å²) in [4.78, 5) is 14.3. The quantitative estimate of drug-likeness (QED) is 0.889. The van der Waals surface area contributed by atoms with Crippen LogP contribution in [-0.4, -0.2) is 43.9 Å². The molecule has 24 heavy (non-hydrogen) atoms. The average Bonchev–Trinajstić information content (AvgIpc) is 3.22. The Kier molecular flexibility index (Phi) is 4.14. The summed E-state index contributed by atoms with van der Waals surface area (Å²) in [6.45, 7) is 3.45. The van der Waals surface area contributed by atoms with Crippen molar-refractivity contribution >= 4 is 22.6 Å². The molecular formula is C17H25N3O3S. The van der Waals surface area contributed by atoms with Crippen molar-refractivity contribution in [3.8, 4) is 0 Å². The molecule has 132 valence electrons. The molecule has 1 aromatic rings. The van der Waals surface area contributed by atoms with Gasteiger partial charge in [0.15, 0.2) is 5.82 Å². The van der Waals surface area contributed by atoms with E-state index in [4.69, 9.17) is 4.52 Å². The van der Waals surface area contributed by atoms with Crippen molar-refractivity contribution in [1.82, 2.24) is 10.1 Å². The van der Waals surface area contributed by atoms with Gasteiger partial charge in [-0.3, -0.25) is 9.53 Å². The molecule has 3 unspecified atom stereocenters. The van der Waals surface area contributed by atoms with Crippen molar-refractivity contribution in [3.05, 3.63) is 11.8 Å². The molecule has 6 nitrogen and oxygen atoms in total. The number of anilines is 1. The van der Waals surface area contributed by atoms with Gasteiger partial charge in [0, 0.05) is 40.6 Å². The zero-order valence-electron chi connectivity index (χ0n) is 14.1.